The minimum atomic E-state index is -3.16. The van der Waals surface area contributed by atoms with Gasteiger partial charge in [0.15, 0.2) is 0 Å². The lowest BCUT2D eigenvalue weighted by molar-refractivity contribution is 0.178. The Morgan fingerprint density at radius 3 is 2.33 bits per heavy atom. The number of hydrogen-bond donors (Lipinski definition) is 2. The monoisotopic (exact) mass is 318 g/mol. The molecule has 7 nitrogen and oxygen atoms in total. The summed E-state index contributed by atoms with van der Waals surface area (Å²) in [5, 5.41) is 2.95. The smallest absolute Gasteiger partial charge is 0.317 e. The topological polar surface area (TPSA) is 81.8 Å². The van der Waals surface area contributed by atoms with E-state index in [1.54, 1.807) is 4.90 Å². The molecule has 2 saturated heterocycles. The largest absolute Gasteiger partial charge is 0.337 e. The summed E-state index contributed by atoms with van der Waals surface area (Å²) >= 11 is 0. The predicted molar refractivity (Wildman–Crippen MR) is 81.6 cm³/mol. The second kappa shape index (κ2) is 7.42. The number of carbonyl (C=O) groups is 1. The molecule has 2 aliphatic rings. The van der Waals surface area contributed by atoms with Crippen LogP contribution < -0.4 is 10.0 Å². The molecule has 2 fully saturated rings. The van der Waals surface area contributed by atoms with Gasteiger partial charge in [0.2, 0.25) is 10.0 Å². The number of rotatable bonds is 5. The summed E-state index contributed by atoms with van der Waals surface area (Å²) in [5.41, 5.74) is 0. The highest BCUT2D eigenvalue weighted by atomic mass is 32.2. The van der Waals surface area contributed by atoms with Crippen molar-refractivity contribution in [2.45, 2.75) is 31.7 Å². The van der Waals surface area contributed by atoms with Crippen molar-refractivity contribution in [3.8, 4) is 0 Å². The van der Waals surface area contributed by atoms with Gasteiger partial charge in [0.25, 0.3) is 0 Å². The first kappa shape index (κ1) is 16.5. The van der Waals surface area contributed by atoms with Crippen LogP contribution in [0.15, 0.2) is 0 Å². The Morgan fingerprint density at radius 2 is 1.76 bits per heavy atom. The minimum absolute atomic E-state index is 0.0352. The third-order valence-corrected chi connectivity index (χ3v) is 4.83. The first-order chi connectivity index (χ1) is 9.94. The Bertz CT molecular complexity index is 440. The van der Waals surface area contributed by atoms with E-state index in [0.717, 1.165) is 19.6 Å². The molecule has 0 saturated carbocycles. The van der Waals surface area contributed by atoms with Gasteiger partial charge < -0.3 is 15.1 Å². The normalized spacial score (nSPS) is 21.7. The maximum Gasteiger partial charge on any atom is 0.317 e. The number of urea groups is 1. The molecule has 0 unspecified atom stereocenters. The molecule has 21 heavy (non-hydrogen) atoms. The summed E-state index contributed by atoms with van der Waals surface area (Å²) in [6.45, 7) is 5.07. The average molecular weight is 318 g/mol. The lowest BCUT2D eigenvalue weighted by Gasteiger charge is -2.32. The van der Waals surface area contributed by atoms with Gasteiger partial charge in [0.05, 0.1) is 6.26 Å². The number of nitrogens with zero attached hydrogens (tertiary/aromatic N) is 2. The Labute approximate surface area is 127 Å². The van der Waals surface area contributed by atoms with Gasteiger partial charge in [-0.15, -0.1) is 0 Å². The molecule has 0 atom stereocenters. The molecule has 0 bridgehead atoms. The zero-order valence-electron chi connectivity index (χ0n) is 12.7. The van der Waals surface area contributed by atoms with Gasteiger partial charge in [-0.25, -0.2) is 17.9 Å². The summed E-state index contributed by atoms with van der Waals surface area (Å²) in [4.78, 5) is 16.2. The van der Waals surface area contributed by atoms with E-state index < -0.39 is 10.0 Å². The van der Waals surface area contributed by atoms with E-state index in [1.165, 1.54) is 19.1 Å². The molecule has 2 N–H and O–H groups in total. The van der Waals surface area contributed by atoms with Crippen molar-refractivity contribution in [1.29, 1.82) is 0 Å². The van der Waals surface area contributed by atoms with Gasteiger partial charge >= 0.3 is 6.03 Å². The summed E-state index contributed by atoms with van der Waals surface area (Å²) in [6.07, 6.45) is 5.03. The third kappa shape index (κ3) is 5.80. The van der Waals surface area contributed by atoms with Crippen LogP contribution >= 0.6 is 0 Å². The van der Waals surface area contributed by atoms with Crippen LogP contribution in [0.1, 0.15) is 25.7 Å². The second-order valence-electron chi connectivity index (χ2n) is 5.93. The average Bonchev–Trinajstić information content (AvgIpc) is 2.91. The van der Waals surface area contributed by atoms with Crippen LogP contribution in [-0.4, -0.2) is 75.8 Å². The first-order valence-corrected chi connectivity index (χ1v) is 9.55. The molecular formula is C13H26N4O3S. The van der Waals surface area contributed by atoms with Gasteiger partial charge in [-0.3, -0.25) is 0 Å². The van der Waals surface area contributed by atoms with Gasteiger partial charge in [-0.2, -0.15) is 0 Å². The van der Waals surface area contributed by atoms with Crippen molar-refractivity contribution in [3.63, 3.8) is 0 Å². The van der Waals surface area contributed by atoms with E-state index in [0.29, 0.717) is 32.5 Å². The van der Waals surface area contributed by atoms with Gasteiger partial charge in [-0.05, 0) is 38.8 Å². The van der Waals surface area contributed by atoms with Crippen LogP contribution in [0, 0.1) is 0 Å². The van der Waals surface area contributed by atoms with E-state index in [9.17, 15) is 13.2 Å². The number of nitrogens with one attached hydrogen (secondary N) is 2. The third-order valence-electron chi connectivity index (χ3n) is 4.07. The van der Waals surface area contributed by atoms with Crippen molar-refractivity contribution >= 4 is 16.1 Å². The first-order valence-electron chi connectivity index (χ1n) is 7.66. The summed E-state index contributed by atoms with van der Waals surface area (Å²) < 4.78 is 25.0. The molecule has 2 rings (SSSR count). The highest BCUT2D eigenvalue weighted by Gasteiger charge is 2.24. The second-order valence-corrected chi connectivity index (χ2v) is 7.71. The van der Waals surface area contributed by atoms with Gasteiger partial charge in [0.1, 0.15) is 0 Å². The van der Waals surface area contributed by atoms with Crippen LogP contribution in [0.4, 0.5) is 4.79 Å². The number of sulfonamides is 1. The fraction of sp³-hybridized carbons (Fsp3) is 0.923. The van der Waals surface area contributed by atoms with E-state index in [-0.39, 0.29) is 12.1 Å². The lowest BCUT2D eigenvalue weighted by atomic mass is 10.1. The molecule has 8 heteroatoms. The van der Waals surface area contributed by atoms with E-state index in [4.69, 9.17) is 0 Å². The van der Waals surface area contributed by atoms with Crippen molar-refractivity contribution in [1.82, 2.24) is 19.8 Å². The Morgan fingerprint density at radius 1 is 1.14 bits per heavy atom. The molecule has 0 aliphatic carbocycles. The van der Waals surface area contributed by atoms with Crippen LogP contribution in [0.25, 0.3) is 0 Å². The van der Waals surface area contributed by atoms with E-state index in [2.05, 4.69) is 14.9 Å². The molecule has 0 aromatic carbocycles. The van der Waals surface area contributed by atoms with Crippen LogP contribution in [0.3, 0.4) is 0 Å². The maximum atomic E-state index is 12.0. The number of piperidine rings is 1. The van der Waals surface area contributed by atoms with Crippen molar-refractivity contribution in [2.24, 2.45) is 0 Å². The Kier molecular flexibility index (Phi) is 5.83. The van der Waals surface area contributed by atoms with E-state index >= 15 is 0 Å². The molecule has 2 aliphatic heterocycles. The molecule has 0 aromatic heterocycles. The van der Waals surface area contributed by atoms with Crippen molar-refractivity contribution < 1.29 is 13.2 Å². The summed E-state index contributed by atoms with van der Waals surface area (Å²) in [7, 11) is -3.16. The fourth-order valence-corrected chi connectivity index (χ4v) is 3.78. The standard InChI is InChI=1S/C13H26N4O3S/c1-21(19,20)15-12-4-9-17(10-5-12)13(18)14-6-11-16-7-2-3-8-16/h12,15H,2-11H2,1H3,(H,14,18). The van der Waals surface area contributed by atoms with Crippen LogP contribution in [0.5, 0.6) is 0 Å². The Hall–Kier alpha value is -0.860. The maximum absolute atomic E-state index is 12.0. The summed E-state index contributed by atoms with van der Waals surface area (Å²) in [6, 6.07) is -0.0827. The summed E-state index contributed by atoms with van der Waals surface area (Å²) in [5.74, 6) is 0. The van der Waals surface area contributed by atoms with Crippen molar-refractivity contribution in [3.05, 3.63) is 0 Å². The van der Waals surface area contributed by atoms with Crippen molar-refractivity contribution in [2.75, 3.05) is 45.5 Å². The number of carbonyl (C=O) groups excluding carboxylic acids is 1. The zero-order valence-corrected chi connectivity index (χ0v) is 13.5. The molecule has 0 aromatic rings. The Balaban J connectivity index is 1.63. The molecule has 0 radical (unpaired) electrons. The highest BCUT2D eigenvalue weighted by molar-refractivity contribution is 7.88. The zero-order chi connectivity index (χ0) is 15.3. The number of hydrogen-bond acceptors (Lipinski definition) is 4. The lowest BCUT2D eigenvalue weighted by Crippen LogP contribution is -2.50. The molecule has 2 heterocycles. The minimum Gasteiger partial charge on any atom is -0.337 e. The van der Waals surface area contributed by atoms with Crippen LogP contribution in [-0.2, 0) is 10.0 Å². The fourth-order valence-electron chi connectivity index (χ4n) is 2.94. The predicted octanol–water partition coefficient (Wildman–Crippen LogP) is -0.195. The molecule has 2 amide bonds. The van der Waals surface area contributed by atoms with Gasteiger partial charge in [-0.1, -0.05) is 0 Å². The molecular weight excluding hydrogens is 292 g/mol. The van der Waals surface area contributed by atoms with E-state index in [1.807, 2.05) is 0 Å². The molecule has 122 valence electrons. The van der Waals surface area contributed by atoms with Crippen LogP contribution in [0.2, 0.25) is 0 Å². The van der Waals surface area contributed by atoms with Gasteiger partial charge in [0, 0.05) is 32.2 Å². The quantitative estimate of drug-likeness (QED) is 0.736. The number of likely N-dealkylation sites (tertiary alicyclic amines) is 2. The highest BCUT2D eigenvalue weighted by Crippen LogP contribution is 2.11. The molecule has 0 spiro atoms. The SMILES string of the molecule is CS(=O)(=O)NC1CCN(C(=O)NCCN2CCCC2)CC1. The number of amides is 2.